The quantitative estimate of drug-likeness (QED) is 0.140. The molecule has 0 radical (unpaired) electrons. The van der Waals surface area contributed by atoms with Crippen LogP contribution in [0.1, 0.15) is 73.5 Å². The monoisotopic (exact) mass is 732 g/mol. The number of piperidine rings is 3. The van der Waals surface area contributed by atoms with Gasteiger partial charge in [-0.05, 0) is 93.2 Å². The van der Waals surface area contributed by atoms with Crippen molar-refractivity contribution in [2.45, 2.75) is 81.8 Å². The van der Waals surface area contributed by atoms with Crippen molar-refractivity contribution < 1.29 is 28.6 Å². The molecule has 6 heterocycles. The first-order valence-electron chi connectivity index (χ1n) is 19.8. The molecular formula is C44H52N4O6. The van der Waals surface area contributed by atoms with Crippen molar-refractivity contribution >= 4 is 40.0 Å². The van der Waals surface area contributed by atoms with Gasteiger partial charge in [0.1, 0.15) is 17.5 Å². The molecule has 4 aromatic rings. The highest BCUT2D eigenvalue weighted by Crippen LogP contribution is 2.58. The molecule has 10 atom stereocenters. The Morgan fingerprint density at radius 1 is 1.02 bits per heavy atom. The van der Waals surface area contributed by atoms with Crippen LogP contribution in [0.15, 0.2) is 48.0 Å². The summed E-state index contributed by atoms with van der Waals surface area (Å²) in [4.78, 5) is 53.6. The van der Waals surface area contributed by atoms with Crippen LogP contribution in [0.2, 0.25) is 0 Å². The van der Waals surface area contributed by atoms with Crippen molar-refractivity contribution in [2.24, 2.45) is 23.7 Å². The van der Waals surface area contributed by atoms with Crippen molar-refractivity contribution in [2.75, 3.05) is 41.5 Å². The minimum Gasteiger partial charge on any atom is -0.496 e. The van der Waals surface area contributed by atoms with Crippen LogP contribution in [0.3, 0.4) is 0 Å². The molecule has 2 aliphatic carbocycles. The molecule has 1 unspecified atom stereocenters. The lowest BCUT2D eigenvalue weighted by Crippen LogP contribution is -2.71. The summed E-state index contributed by atoms with van der Waals surface area (Å²) in [5, 5.41) is 2.23. The molecule has 2 N–H and O–H groups in total. The van der Waals surface area contributed by atoms with E-state index in [2.05, 4.69) is 83.1 Å². The lowest BCUT2D eigenvalue weighted by Gasteiger charge is -2.60. The number of nitrogens with zero attached hydrogens (tertiary/aromatic N) is 2. The van der Waals surface area contributed by atoms with E-state index >= 15 is 0 Å². The fourth-order valence-electron chi connectivity index (χ4n) is 12.4. The summed E-state index contributed by atoms with van der Waals surface area (Å²) in [5.74, 6) is 0.0982. The minimum atomic E-state index is -0.935. The number of methoxy groups -OCH3 is 3. The number of ether oxygens (including phenoxy) is 3. The molecule has 6 aliphatic rings. The average molecular weight is 733 g/mol. The molecule has 3 saturated heterocycles. The topological polar surface area (TPSA) is 117 Å². The van der Waals surface area contributed by atoms with Crippen LogP contribution >= 0.6 is 0 Å². The van der Waals surface area contributed by atoms with Gasteiger partial charge in [0.05, 0.1) is 38.8 Å². The first kappa shape index (κ1) is 35.3. The van der Waals surface area contributed by atoms with Gasteiger partial charge in [-0.2, -0.15) is 0 Å². The van der Waals surface area contributed by atoms with Crippen molar-refractivity contribution in [3.05, 3.63) is 76.1 Å². The summed E-state index contributed by atoms with van der Waals surface area (Å²) >= 11 is 0. The molecule has 10 nitrogen and oxygen atoms in total. The predicted molar refractivity (Wildman–Crippen MR) is 207 cm³/mol. The van der Waals surface area contributed by atoms with E-state index in [0.29, 0.717) is 32.2 Å². The number of para-hydroxylation sites is 1. The summed E-state index contributed by atoms with van der Waals surface area (Å²) in [7, 11) is 6.86. The van der Waals surface area contributed by atoms with Gasteiger partial charge in [0.25, 0.3) is 0 Å². The third-order valence-electron chi connectivity index (χ3n) is 14.6. The number of benzene rings is 2. The van der Waals surface area contributed by atoms with Crippen molar-refractivity contribution in [1.29, 1.82) is 0 Å². The second-order valence-electron chi connectivity index (χ2n) is 16.5. The highest BCUT2D eigenvalue weighted by molar-refractivity contribution is 5.95. The van der Waals surface area contributed by atoms with Gasteiger partial charge in [0.2, 0.25) is 0 Å². The van der Waals surface area contributed by atoms with Crippen LogP contribution in [0.5, 0.6) is 5.75 Å². The van der Waals surface area contributed by atoms with Crippen LogP contribution in [0, 0.1) is 23.7 Å². The number of rotatable bonds is 6. The Morgan fingerprint density at radius 2 is 1.83 bits per heavy atom. The van der Waals surface area contributed by atoms with Crippen molar-refractivity contribution in [3.63, 3.8) is 0 Å². The van der Waals surface area contributed by atoms with E-state index in [0.717, 1.165) is 75.7 Å². The fraction of sp³-hybridized carbons (Fsp3) is 0.523. The second kappa shape index (κ2) is 13.1. The molecular weight excluding hydrogens is 681 g/mol. The predicted octanol–water partition coefficient (Wildman–Crippen LogP) is 6.06. The number of esters is 2. The molecule has 10 heteroatoms. The molecule has 1 saturated carbocycles. The maximum absolute atomic E-state index is 14.5. The molecule has 0 spiro atoms. The number of allylic oxidation sites excluding steroid dienone is 1. The lowest BCUT2D eigenvalue weighted by atomic mass is 9.54. The highest BCUT2D eigenvalue weighted by atomic mass is 16.5. The Balaban J connectivity index is 1.32. The van der Waals surface area contributed by atoms with E-state index in [1.54, 1.807) is 7.11 Å². The maximum atomic E-state index is 14.5. The van der Waals surface area contributed by atoms with Gasteiger partial charge >= 0.3 is 11.9 Å². The Bertz CT molecular complexity index is 2200. The van der Waals surface area contributed by atoms with E-state index < -0.39 is 5.41 Å². The number of aromatic amines is 2. The zero-order chi connectivity index (χ0) is 37.6. The minimum absolute atomic E-state index is 0.0319. The van der Waals surface area contributed by atoms with Crippen LogP contribution in [-0.2, 0) is 42.1 Å². The summed E-state index contributed by atoms with van der Waals surface area (Å²) in [6, 6.07) is 12.3. The van der Waals surface area contributed by atoms with Gasteiger partial charge in [0.15, 0.2) is 0 Å². The Hall–Kier alpha value is -4.41. The van der Waals surface area contributed by atoms with Gasteiger partial charge in [-0.25, -0.2) is 0 Å². The number of carbonyl (C=O) groups excluding carboxylic acids is 3. The molecule has 54 heavy (non-hydrogen) atoms. The fourth-order valence-corrected chi connectivity index (χ4v) is 12.4. The Morgan fingerprint density at radius 3 is 2.56 bits per heavy atom. The van der Waals surface area contributed by atoms with Crippen LogP contribution in [-0.4, -0.2) is 97.6 Å². The number of nitrogens with one attached hydrogen (secondary N) is 2. The number of likely N-dealkylation sites (N-methyl/N-ethyl adjacent to an activating group) is 1. The first-order chi connectivity index (χ1) is 26.2. The summed E-state index contributed by atoms with van der Waals surface area (Å²) < 4.78 is 17.6. The number of aromatic nitrogens is 2. The van der Waals surface area contributed by atoms with Crippen molar-refractivity contribution in [1.82, 2.24) is 19.8 Å². The third-order valence-corrected chi connectivity index (χ3v) is 14.6. The first-order valence-corrected chi connectivity index (χ1v) is 19.8. The molecule has 284 valence electrons. The van der Waals surface area contributed by atoms with Crippen LogP contribution < -0.4 is 4.74 Å². The van der Waals surface area contributed by atoms with E-state index in [4.69, 9.17) is 14.2 Å². The normalized spacial score (nSPS) is 33.7. The Kier molecular flexibility index (Phi) is 8.58. The van der Waals surface area contributed by atoms with Crippen LogP contribution in [0.4, 0.5) is 0 Å². The number of likely N-dealkylation sites (tertiary alicyclic amines) is 1. The van der Waals surface area contributed by atoms with Crippen molar-refractivity contribution in [3.8, 4) is 5.75 Å². The smallest absolute Gasteiger partial charge is 0.319 e. The Labute approximate surface area is 316 Å². The molecule has 6 bridgehead atoms. The van der Waals surface area contributed by atoms with E-state index in [-0.39, 0.29) is 59.7 Å². The zero-order valence-corrected chi connectivity index (χ0v) is 32.2. The van der Waals surface area contributed by atoms with Crippen LogP contribution in [0.25, 0.3) is 21.8 Å². The van der Waals surface area contributed by atoms with Gasteiger partial charge in [-0.1, -0.05) is 43.2 Å². The largest absolute Gasteiger partial charge is 0.496 e. The number of H-pyrrole nitrogens is 2. The number of carbonyl (C=O) groups is 3. The molecule has 2 aromatic carbocycles. The van der Waals surface area contributed by atoms with Gasteiger partial charge < -0.3 is 29.0 Å². The standard InChI is InChI=1S/C44H52N4O6/c1-7-23-17-25-20-44(43(51)54-6)40-28(15-16-48(41(23)44)34(25)22-49)27-13-14-35(52-4)37(39(27)46-40)31-18-29-24(8-2)21-47(3)33(36(29)42(50)53-5)19-30-26-11-9-10-12-32(26)45-38(30)31/h8-14,22-23,25,29,31,33-34,36,41,45-46H,7,15-21H2,1-6H3/b24-8+/t23-,25-,29-,31+,33-,34-,36-,41+,44-/m0/s1. The molecule has 0 amide bonds. The van der Waals surface area contributed by atoms with E-state index in [1.807, 2.05) is 0 Å². The maximum Gasteiger partial charge on any atom is 0.319 e. The molecule has 4 aliphatic heterocycles. The molecule has 2 aromatic heterocycles. The number of hydrogen-bond donors (Lipinski definition) is 2. The average Bonchev–Trinajstić information content (AvgIpc) is 3.72. The van der Waals surface area contributed by atoms with Gasteiger partial charge in [-0.15, -0.1) is 0 Å². The van der Waals surface area contributed by atoms with E-state index in [1.165, 1.54) is 25.4 Å². The lowest BCUT2D eigenvalue weighted by molar-refractivity contribution is -0.169. The third kappa shape index (κ3) is 4.74. The molecule has 10 rings (SSSR count). The van der Waals surface area contributed by atoms with E-state index in [9.17, 15) is 14.4 Å². The molecule has 4 fully saturated rings. The van der Waals surface area contributed by atoms with Gasteiger partial charge in [-0.3, -0.25) is 19.4 Å². The van der Waals surface area contributed by atoms with Gasteiger partial charge in [0, 0.05) is 64.3 Å². The number of hydrogen-bond acceptors (Lipinski definition) is 8. The SMILES string of the molecule is C/C=C1\CN(C)[C@H]2Cc3c([nH]c4ccccc34)[C@@H](c3c(OC)ccc4c5c([nH]c34)[C@@]3(C(=O)OC)C[C@@H]4C[C@H](CC)[C@H]3N(CC5)[C@H]4C=O)C[C@@H]1[C@@H]2C(=O)OC. The number of fused-ring (bicyclic) bond motifs is 9. The second-order valence-corrected chi connectivity index (χ2v) is 16.5. The zero-order valence-electron chi connectivity index (χ0n) is 32.2. The summed E-state index contributed by atoms with van der Waals surface area (Å²) in [6.45, 7) is 5.76. The summed E-state index contributed by atoms with van der Waals surface area (Å²) in [6.07, 6.45) is 7.81. The number of aldehydes is 1. The summed E-state index contributed by atoms with van der Waals surface area (Å²) in [5.41, 5.74) is 7.78. The highest BCUT2D eigenvalue weighted by Gasteiger charge is 2.65.